The quantitative estimate of drug-likeness (QED) is 0.761. The summed E-state index contributed by atoms with van der Waals surface area (Å²) in [5.41, 5.74) is 1.17. The van der Waals surface area contributed by atoms with Gasteiger partial charge >= 0.3 is 0 Å². The van der Waals surface area contributed by atoms with Crippen molar-refractivity contribution in [3.63, 3.8) is 0 Å². The normalized spacial score (nSPS) is 10.7. The lowest BCUT2D eigenvalue weighted by Gasteiger charge is -2.18. The van der Waals surface area contributed by atoms with E-state index in [1.54, 1.807) is 4.90 Å². The minimum absolute atomic E-state index is 0.0309. The van der Waals surface area contributed by atoms with Crippen molar-refractivity contribution in [1.82, 2.24) is 10.2 Å². The Morgan fingerprint density at radius 1 is 1.29 bits per heavy atom. The highest BCUT2D eigenvalue weighted by atomic mass is 16.5. The first-order valence-corrected chi connectivity index (χ1v) is 7.77. The van der Waals surface area contributed by atoms with Crippen LogP contribution >= 0.6 is 0 Å². The van der Waals surface area contributed by atoms with Gasteiger partial charge in [-0.25, -0.2) is 0 Å². The van der Waals surface area contributed by atoms with E-state index in [9.17, 15) is 4.79 Å². The Bertz CT molecular complexity index is 429. The molecule has 0 fully saturated rings. The first-order chi connectivity index (χ1) is 10.1. The second-order valence-corrected chi connectivity index (χ2v) is 5.53. The summed E-state index contributed by atoms with van der Waals surface area (Å²) in [5, 5.41) is 3.40. The minimum atomic E-state index is 0.0309. The first kappa shape index (κ1) is 17.5. The van der Waals surface area contributed by atoms with Gasteiger partial charge in [0.2, 0.25) is 0 Å². The minimum Gasteiger partial charge on any atom is -0.484 e. The van der Waals surface area contributed by atoms with Gasteiger partial charge in [0.05, 0.1) is 0 Å². The molecule has 21 heavy (non-hydrogen) atoms. The van der Waals surface area contributed by atoms with E-state index in [0.717, 1.165) is 31.9 Å². The average molecular weight is 292 g/mol. The zero-order chi connectivity index (χ0) is 15.7. The number of benzene rings is 1. The molecular formula is C17H28N2O2. The molecule has 118 valence electrons. The van der Waals surface area contributed by atoms with Gasteiger partial charge in [-0.2, -0.15) is 0 Å². The van der Waals surface area contributed by atoms with E-state index in [-0.39, 0.29) is 12.5 Å². The fourth-order valence-electron chi connectivity index (χ4n) is 2.06. The smallest absolute Gasteiger partial charge is 0.260 e. The van der Waals surface area contributed by atoms with E-state index in [2.05, 4.69) is 25.2 Å². The lowest BCUT2D eigenvalue weighted by molar-refractivity contribution is -0.132. The predicted octanol–water partition coefficient (Wildman–Crippen LogP) is 2.68. The van der Waals surface area contributed by atoms with Crippen molar-refractivity contribution in [1.29, 1.82) is 0 Å². The second-order valence-electron chi connectivity index (χ2n) is 5.53. The fourth-order valence-corrected chi connectivity index (χ4v) is 2.06. The van der Waals surface area contributed by atoms with Crippen LogP contribution in [0.4, 0.5) is 0 Å². The molecule has 0 heterocycles. The highest BCUT2D eigenvalue weighted by Crippen LogP contribution is 2.13. The largest absolute Gasteiger partial charge is 0.484 e. The highest BCUT2D eigenvalue weighted by molar-refractivity contribution is 5.77. The maximum atomic E-state index is 11.9. The third kappa shape index (κ3) is 6.63. The standard InChI is InChI=1S/C17H28N2O2/c1-5-19(6-2)17(20)13-21-16-9-7-8-15(10-16)12-18-11-14(3)4/h7-10,14,18H,5-6,11-13H2,1-4H3. The van der Waals surface area contributed by atoms with Crippen LogP contribution in [-0.4, -0.2) is 37.0 Å². The number of nitrogens with zero attached hydrogens (tertiary/aromatic N) is 1. The summed E-state index contributed by atoms with van der Waals surface area (Å²) >= 11 is 0. The van der Waals surface area contributed by atoms with Crippen molar-refractivity contribution in [2.75, 3.05) is 26.2 Å². The summed E-state index contributed by atoms with van der Waals surface area (Å²) in [5.74, 6) is 1.42. The molecule has 0 unspecified atom stereocenters. The maximum Gasteiger partial charge on any atom is 0.260 e. The van der Waals surface area contributed by atoms with E-state index >= 15 is 0 Å². The van der Waals surface area contributed by atoms with Crippen LogP contribution in [0.2, 0.25) is 0 Å². The van der Waals surface area contributed by atoms with E-state index in [1.165, 1.54) is 5.56 Å². The van der Waals surface area contributed by atoms with Crippen LogP contribution in [0.5, 0.6) is 5.75 Å². The van der Waals surface area contributed by atoms with Crippen LogP contribution < -0.4 is 10.1 Å². The average Bonchev–Trinajstić information content (AvgIpc) is 2.46. The number of carbonyl (C=O) groups is 1. The molecule has 4 nitrogen and oxygen atoms in total. The third-order valence-electron chi connectivity index (χ3n) is 3.26. The molecule has 1 aromatic carbocycles. The molecule has 1 amide bonds. The van der Waals surface area contributed by atoms with Gasteiger partial charge in [0, 0.05) is 19.6 Å². The van der Waals surface area contributed by atoms with Crippen LogP contribution in [-0.2, 0) is 11.3 Å². The number of carbonyl (C=O) groups excluding carboxylic acids is 1. The molecule has 1 aromatic rings. The van der Waals surface area contributed by atoms with Crippen molar-refractivity contribution in [3.8, 4) is 5.75 Å². The molecule has 0 spiro atoms. The number of hydrogen-bond donors (Lipinski definition) is 1. The summed E-state index contributed by atoms with van der Waals surface area (Å²) in [6.07, 6.45) is 0. The van der Waals surface area contributed by atoms with E-state index < -0.39 is 0 Å². The predicted molar refractivity (Wildman–Crippen MR) is 86.4 cm³/mol. The molecule has 0 radical (unpaired) electrons. The Labute approximate surface area is 128 Å². The number of ether oxygens (including phenoxy) is 1. The molecule has 0 aliphatic carbocycles. The van der Waals surface area contributed by atoms with Gasteiger partial charge in [-0.1, -0.05) is 26.0 Å². The molecular weight excluding hydrogens is 264 g/mol. The lowest BCUT2D eigenvalue weighted by atomic mass is 10.2. The summed E-state index contributed by atoms with van der Waals surface area (Å²) < 4.78 is 5.60. The first-order valence-electron chi connectivity index (χ1n) is 7.77. The van der Waals surface area contributed by atoms with Crippen LogP contribution in [0.3, 0.4) is 0 Å². The lowest BCUT2D eigenvalue weighted by Crippen LogP contribution is -2.34. The molecule has 1 rings (SSSR count). The Hall–Kier alpha value is -1.55. The summed E-state index contributed by atoms with van der Waals surface area (Å²) in [7, 11) is 0. The number of nitrogens with one attached hydrogen (secondary N) is 1. The Morgan fingerprint density at radius 2 is 2.00 bits per heavy atom. The van der Waals surface area contributed by atoms with E-state index in [0.29, 0.717) is 5.92 Å². The van der Waals surface area contributed by atoms with Crippen molar-refractivity contribution >= 4 is 5.91 Å². The second kappa shape index (κ2) is 9.40. The Balaban J connectivity index is 2.47. The molecule has 0 bridgehead atoms. The number of amides is 1. The van der Waals surface area contributed by atoms with Gasteiger partial charge in [-0.05, 0) is 44.0 Å². The fraction of sp³-hybridized carbons (Fsp3) is 0.588. The van der Waals surface area contributed by atoms with Crippen molar-refractivity contribution in [2.24, 2.45) is 5.92 Å². The molecule has 0 saturated carbocycles. The van der Waals surface area contributed by atoms with Gasteiger partial charge in [0.25, 0.3) is 5.91 Å². The zero-order valence-corrected chi connectivity index (χ0v) is 13.7. The van der Waals surface area contributed by atoms with E-state index in [4.69, 9.17) is 4.74 Å². The van der Waals surface area contributed by atoms with Crippen molar-refractivity contribution in [3.05, 3.63) is 29.8 Å². The topological polar surface area (TPSA) is 41.6 Å². The molecule has 0 aromatic heterocycles. The van der Waals surface area contributed by atoms with Crippen LogP contribution in [0.15, 0.2) is 24.3 Å². The maximum absolute atomic E-state index is 11.9. The molecule has 0 atom stereocenters. The van der Waals surface area contributed by atoms with Crippen LogP contribution in [0.25, 0.3) is 0 Å². The number of rotatable bonds is 9. The van der Waals surface area contributed by atoms with Gasteiger partial charge < -0.3 is 15.0 Å². The number of hydrogen-bond acceptors (Lipinski definition) is 3. The van der Waals surface area contributed by atoms with Crippen molar-refractivity contribution < 1.29 is 9.53 Å². The van der Waals surface area contributed by atoms with Crippen LogP contribution in [0.1, 0.15) is 33.3 Å². The molecule has 4 heteroatoms. The highest BCUT2D eigenvalue weighted by Gasteiger charge is 2.10. The van der Waals surface area contributed by atoms with Gasteiger partial charge in [-0.3, -0.25) is 4.79 Å². The number of likely N-dealkylation sites (N-methyl/N-ethyl adjacent to an activating group) is 1. The molecule has 0 saturated heterocycles. The zero-order valence-electron chi connectivity index (χ0n) is 13.7. The van der Waals surface area contributed by atoms with Gasteiger partial charge in [0.1, 0.15) is 5.75 Å². The molecule has 1 N–H and O–H groups in total. The summed E-state index contributed by atoms with van der Waals surface area (Å²) in [6, 6.07) is 7.90. The SMILES string of the molecule is CCN(CC)C(=O)COc1cccc(CNCC(C)C)c1. The Kier molecular flexibility index (Phi) is 7.83. The van der Waals surface area contributed by atoms with Crippen molar-refractivity contribution in [2.45, 2.75) is 34.2 Å². The Morgan fingerprint density at radius 3 is 2.62 bits per heavy atom. The van der Waals surface area contributed by atoms with Gasteiger partial charge in [-0.15, -0.1) is 0 Å². The monoisotopic (exact) mass is 292 g/mol. The molecule has 0 aliphatic rings. The third-order valence-corrected chi connectivity index (χ3v) is 3.26. The van der Waals surface area contributed by atoms with E-state index in [1.807, 2.05) is 32.0 Å². The summed E-state index contributed by atoms with van der Waals surface area (Å²) in [4.78, 5) is 13.7. The van der Waals surface area contributed by atoms with Crippen LogP contribution in [0, 0.1) is 5.92 Å². The molecule has 0 aliphatic heterocycles. The van der Waals surface area contributed by atoms with Gasteiger partial charge in [0.15, 0.2) is 6.61 Å². The summed E-state index contributed by atoms with van der Waals surface area (Å²) in [6.45, 7) is 11.7.